The summed E-state index contributed by atoms with van der Waals surface area (Å²) in [7, 11) is 0. The zero-order valence-corrected chi connectivity index (χ0v) is 12.8. The van der Waals surface area contributed by atoms with E-state index in [0.717, 1.165) is 21.9 Å². The first-order valence-electron chi connectivity index (χ1n) is 6.59. The van der Waals surface area contributed by atoms with E-state index in [1.807, 2.05) is 42.6 Å². The van der Waals surface area contributed by atoms with Gasteiger partial charge in [-0.25, -0.2) is 0 Å². The maximum atomic E-state index is 11.9. The first-order valence-corrected chi connectivity index (χ1v) is 7.38. The fourth-order valence-corrected chi connectivity index (χ4v) is 2.50. The van der Waals surface area contributed by atoms with Gasteiger partial charge in [0.05, 0.1) is 10.6 Å². The molecular weight excluding hydrogens is 330 g/mol. The van der Waals surface area contributed by atoms with Crippen molar-refractivity contribution in [3.8, 4) is 0 Å². The van der Waals surface area contributed by atoms with Crippen molar-refractivity contribution < 1.29 is 0 Å². The normalized spacial score (nSPS) is 13.0. The average molecular weight is 344 g/mol. The molecule has 0 fully saturated rings. The first-order chi connectivity index (χ1) is 10.2. The van der Waals surface area contributed by atoms with Crippen molar-refractivity contribution in [2.24, 2.45) is 0 Å². The van der Waals surface area contributed by atoms with Gasteiger partial charge in [0.2, 0.25) is 0 Å². The van der Waals surface area contributed by atoms with E-state index in [-0.39, 0.29) is 5.56 Å². The van der Waals surface area contributed by atoms with Crippen LogP contribution in [0.5, 0.6) is 0 Å². The maximum absolute atomic E-state index is 11.9. The van der Waals surface area contributed by atoms with Gasteiger partial charge < -0.3 is 4.98 Å². The van der Waals surface area contributed by atoms with Gasteiger partial charge in [0.1, 0.15) is 0 Å². The lowest BCUT2D eigenvalue weighted by atomic mass is 10.1. The predicted molar refractivity (Wildman–Crippen MR) is 87.3 cm³/mol. The highest BCUT2D eigenvalue weighted by molar-refractivity contribution is 9.10. The molecule has 3 aromatic rings. The number of halogens is 1. The van der Waals surface area contributed by atoms with Gasteiger partial charge in [0.25, 0.3) is 5.56 Å². The van der Waals surface area contributed by atoms with Crippen LogP contribution in [0.2, 0.25) is 0 Å². The molecule has 0 aliphatic carbocycles. The molecule has 2 aromatic heterocycles. The molecule has 0 saturated carbocycles. The van der Waals surface area contributed by atoms with E-state index in [0.29, 0.717) is 5.22 Å². The molecule has 0 aliphatic heterocycles. The highest BCUT2D eigenvalue weighted by Gasteiger charge is 1.98. The van der Waals surface area contributed by atoms with E-state index in [2.05, 4.69) is 43.2 Å². The minimum atomic E-state index is -0.125. The Bertz CT molecular complexity index is 903. The molecule has 0 unspecified atom stereocenters. The number of nitrogens with one attached hydrogen (secondary N) is 3. The van der Waals surface area contributed by atoms with Crippen LogP contribution in [0.4, 0.5) is 0 Å². The zero-order chi connectivity index (χ0) is 14.7. The Morgan fingerprint density at radius 3 is 2.67 bits per heavy atom. The van der Waals surface area contributed by atoms with Crippen LogP contribution in [0.25, 0.3) is 12.2 Å². The molecule has 5 heteroatoms. The van der Waals surface area contributed by atoms with Crippen LogP contribution in [0, 0.1) is 0 Å². The molecule has 0 bridgehead atoms. The molecule has 0 spiro atoms. The first kappa shape index (κ1) is 13.7. The fourth-order valence-electron chi connectivity index (χ4n) is 2.14. The van der Waals surface area contributed by atoms with Crippen molar-refractivity contribution in [2.45, 2.75) is 6.42 Å². The Kier molecular flexibility index (Phi) is 3.92. The molecule has 2 heterocycles. The summed E-state index contributed by atoms with van der Waals surface area (Å²) in [5, 5.41) is 6.98. The molecule has 0 radical (unpaired) electrons. The minimum Gasteiger partial charge on any atom is -0.361 e. The lowest BCUT2D eigenvalue weighted by Crippen LogP contribution is -2.33. The fraction of sp³-hybridized carbons (Fsp3) is 0.0625. The third-order valence-corrected chi connectivity index (χ3v) is 3.66. The summed E-state index contributed by atoms with van der Waals surface area (Å²) in [6, 6.07) is 12.1. The molecule has 0 aliphatic rings. The van der Waals surface area contributed by atoms with Crippen molar-refractivity contribution in [2.75, 3.05) is 0 Å². The standard InChI is InChI=1S/C16H14BrN3O/c17-12-8-13(18-10-12)9-14-15(19-20-16(14)21)7-6-11-4-2-1-3-5-11/h1-5,7-10,18-19H,6H2,(H,20,21). The molecule has 0 saturated heterocycles. The Balaban J connectivity index is 2.01. The molecule has 3 rings (SSSR count). The van der Waals surface area contributed by atoms with Crippen molar-refractivity contribution in [1.29, 1.82) is 0 Å². The monoisotopic (exact) mass is 343 g/mol. The number of H-pyrrole nitrogens is 3. The second-order valence-corrected chi connectivity index (χ2v) is 5.63. The van der Waals surface area contributed by atoms with E-state index < -0.39 is 0 Å². The molecule has 1 aromatic carbocycles. The van der Waals surface area contributed by atoms with Crippen LogP contribution in [0.3, 0.4) is 0 Å². The molecule has 106 valence electrons. The molecule has 21 heavy (non-hydrogen) atoms. The largest absolute Gasteiger partial charge is 0.361 e. The summed E-state index contributed by atoms with van der Waals surface area (Å²) in [6.07, 6.45) is 6.44. The number of hydrogen-bond acceptors (Lipinski definition) is 1. The van der Waals surface area contributed by atoms with Gasteiger partial charge in [-0.3, -0.25) is 15.0 Å². The summed E-state index contributed by atoms with van der Waals surface area (Å²) in [6.45, 7) is 0. The Hall–Kier alpha value is -2.27. The molecular formula is C16H14BrN3O. The third-order valence-electron chi connectivity index (χ3n) is 3.20. The van der Waals surface area contributed by atoms with Crippen molar-refractivity contribution >= 4 is 28.1 Å². The molecule has 0 amide bonds. The number of benzene rings is 1. The lowest BCUT2D eigenvalue weighted by molar-refractivity contribution is 1.03. The van der Waals surface area contributed by atoms with Gasteiger partial charge in [0.15, 0.2) is 0 Å². The van der Waals surface area contributed by atoms with Crippen LogP contribution in [0.15, 0.2) is 51.9 Å². The van der Waals surface area contributed by atoms with Gasteiger partial charge in [0, 0.05) is 16.4 Å². The number of aromatic amines is 3. The van der Waals surface area contributed by atoms with Crippen LogP contribution < -0.4 is 16.1 Å². The van der Waals surface area contributed by atoms with Crippen molar-refractivity contribution in [1.82, 2.24) is 15.2 Å². The maximum Gasteiger partial charge on any atom is 0.271 e. The highest BCUT2D eigenvalue weighted by atomic mass is 79.9. The number of rotatable bonds is 3. The van der Waals surface area contributed by atoms with Crippen LogP contribution in [0.1, 0.15) is 11.3 Å². The topological polar surface area (TPSA) is 64.4 Å². The van der Waals surface area contributed by atoms with Crippen LogP contribution in [-0.2, 0) is 6.42 Å². The van der Waals surface area contributed by atoms with E-state index >= 15 is 0 Å². The molecule has 4 nitrogen and oxygen atoms in total. The van der Waals surface area contributed by atoms with E-state index in [1.165, 1.54) is 5.56 Å². The minimum absolute atomic E-state index is 0.125. The van der Waals surface area contributed by atoms with Gasteiger partial charge in [-0.1, -0.05) is 36.4 Å². The van der Waals surface area contributed by atoms with E-state index in [1.54, 1.807) is 0 Å². The predicted octanol–water partition coefficient (Wildman–Crippen LogP) is 1.65. The Labute approximate surface area is 129 Å². The number of aromatic nitrogens is 3. The summed E-state index contributed by atoms with van der Waals surface area (Å²) in [5.74, 6) is 0. The van der Waals surface area contributed by atoms with E-state index in [9.17, 15) is 4.79 Å². The highest BCUT2D eigenvalue weighted by Crippen LogP contribution is 2.10. The van der Waals surface area contributed by atoms with Gasteiger partial charge in [-0.15, -0.1) is 0 Å². The van der Waals surface area contributed by atoms with Crippen LogP contribution in [-0.4, -0.2) is 15.2 Å². The zero-order valence-electron chi connectivity index (χ0n) is 11.2. The lowest BCUT2D eigenvalue weighted by Gasteiger charge is -1.93. The third kappa shape index (κ3) is 3.25. The number of hydrogen-bond donors (Lipinski definition) is 3. The van der Waals surface area contributed by atoms with Gasteiger partial charge in [-0.05, 0) is 40.1 Å². The molecule has 3 N–H and O–H groups in total. The smallest absolute Gasteiger partial charge is 0.271 e. The second kappa shape index (κ2) is 6.01. The van der Waals surface area contributed by atoms with Gasteiger partial charge in [-0.2, -0.15) is 0 Å². The van der Waals surface area contributed by atoms with Crippen molar-refractivity contribution in [3.63, 3.8) is 0 Å². The Morgan fingerprint density at radius 1 is 1.14 bits per heavy atom. The average Bonchev–Trinajstić information content (AvgIpc) is 3.06. The summed E-state index contributed by atoms with van der Waals surface area (Å²) in [5.41, 5.74) is 1.95. The summed E-state index contributed by atoms with van der Waals surface area (Å²) >= 11 is 3.38. The SMILES string of the molecule is O=c1[nH][nH]c(=CCc2ccccc2)c1=Cc1cc(Br)c[nH]1. The molecule has 0 atom stereocenters. The Morgan fingerprint density at radius 2 is 1.95 bits per heavy atom. The van der Waals surface area contributed by atoms with Crippen LogP contribution >= 0.6 is 15.9 Å². The van der Waals surface area contributed by atoms with E-state index in [4.69, 9.17) is 0 Å². The summed E-state index contributed by atoms with van der Waals surface area (Å²) < 4.78 is 0.954. The summed E-state index contributed by atoms with van der Waals surface area (Å²) in [4.78, 5) is 15.0. The second-order valence-electron chi connectivity index (χ2n) is 4.72. The van der Waals surface area contributed by atoms with Gasteiger partial charge >= 0.3 is 0 Å². The quantitative estimate of drug-likeness (QED) is 0.665. The van der Waals surface area contributed by atoms with Crippen molar-refractivity contribution in [3.05, 3.63) is 79.2 Å².